The zero-order chi connectivity index (χ0) is 12.5. The van der Waals surface area contributed by atoms with Crippen LogP contribution in [0.25, 0.3) is 16.6 Å². The SMILES string of the molecule is NCc1c(-c2ccc(Cl)cc2)cn2ccccc12. The monoisotopic (exact) mass is 256 g/mol. The first kappa shape index (κ1) is 11.3. The van der Waals surface area contributed by atoms with E-state index in [4.69, 9.17) is 17.3 Å². The van der Waals surface area contributed by atoms with Crippen molar-refractivity contribution in [2.24, 2.45) is 5.73 Å². The van der Waals surface area contributed by atoms with Crippen molar-refractivity contribution >= 4 is 17.1 Å². The summed E-state index contributed by atoms with van der Waals surface area (Å²) in [6.07, 6.45) is 4.15. The van der Waals surface area contributed by atoms with Crippen LogP contribution in [0.5, 0.6) is 0 Å². The van der Waals surface area contributed by atoms with Crippen LogP contribution in [0.3, 0.4) is 0 Å². The third kappa shape index (κ3) is 1.80. The molecule has 0 unspecified atom stereocenters. The quantitative estimate of drug-likeness (QED) is 0.744. The third-order valence-electron chi connectivity index (χ3n) is 3.15. The van der Waals surface area contributed by atoms with Crippen LogP contribution in [-0.2, 0) is 6.54 Å². The van der Waals surface area contributed by atoms with Crippen molar-refractivity contribution in [1.29, 1.82) is 0 Å². The molecule has 90 valence electrons. The van der Waals surface area contributed by atoms with Crippen molar-refractivity contribution in [3.8, 4) is 11.1 Å². The number of pyridine rings is 1. The lowest BCUT2D eigenvalue weighted by Gasteiger charge is -2.02. The number of benzene rings is 1. The number of fused-ring (bicyclic) bond motifs is 1. The van der Waals surface area contributed by atoms with Gasteiger partial charge in [0.2, 0.25) is 0 Å². The van der Waals surface area contributed by atoms with Crippen molar-refractivity contribution in [3.05, 3.63) is 65.4 Å². The highest BCUT2D eigenvalue weighted by atomic mass is 35.5. The highest BCUT2D eigenvalue weighted by molar-refractivity contribution is 6.30. The van der Waals surface area contributed by atoms with Crippen LogP contribution in [0, 0.1) is 0 Å². The van der Waals surface area contributed by atoms with Gasteiger partial charge in [0.25, 0.3) is 0 Å². The average molecular weight is 257 g/mol. The molecular weight excluding hydrogens is 244 g/mol. The topological polar surface area (TPSA) is 30.4 Å². The fourth-order valence-electron chi connectivity index (χ4n) is 2.27. The molecule has 0 aliphatic heterocycles. The molecule has 2 nitrogen and oxygen atoms in total. The van der Waals surface area contributed by atoms with Gasteiger partial charge in [0, 0.05) is 29.5 Å². The van der Waals surface area contributed by atoms with Crippen molar-refractivity contribution < 1.29 is 0 Å². The summed E-state index contributed by atoms with van der Waals surface area (Å²) >= 11 is 5.92. The summed E-state index contributed by atoms with van der Waals surface area (Å²) in [7, 11) is 0. The van der Waals surface area contributed by atoms with E-state index in [0.717, 1.165) is 21.7 Å². The van der Waals surface area contributed by atoms with Crippen LogP contribution in [-0.4, -0.2) is 4.40 Å². The molecule has 3 aromatic rings. The van der Waals surface area contributed by atoms with Gasteiger partial charge in [-0.1, -0.05) is 29.8 Å². The molecule has 0 amide bonds. The smallest absolute Gasteiger partial charge is 0.0501 e. The van der Waals surface area contributed by atoms with Crippen molar-refractivity contribution in [2.75, 3.05) is 0 Å². The van der Waals surface area contributed by atoms with Gasteiger partial charge in [0.05, 0.1) is 5.52 Å². The highest BCUT2D eigenvalue weighted by Crippen LogP contribution is 2.29. The van der Waals surface area contributed by atoms with E-state index >= 15 is 0 Å². The van der Waals surface area contributed by atoms with E-state index in [1.54, 1.807) is 0 Å². The molecule has 2 N–H and O–H groups in total. The van der Waals surface area contributed by atoms with E-state index in [-0.39, 0.29) is 0 Å². The van der Waals surface area contributed by atoms with E-state index in [2.05, 4.69) is 16.7 Å². The second-order valence-corrected chi connectivity index (χ2v) is 4.66. The van der Waals surface area contributed by atoms with E-state index in [1.165, 1.54) is 5.56 Å². The second kappa shape index (κ2) is 4.48. The predicted octanol–water partition coefficient (Wildman–Crippen LogP) is 3.72. The summed E-state index contributed by atoms with van der Waals surface area (Å²) in [4.78, 5) is 0. The van der Waals surface area contributed by atoms with Gasteiger partial charge in [-0.15, -0.1) is 0 Å². The number of hydrogen-bond acceptors (Lipinski definition) is 1. The first-order valence-corrected chi connectivity index (χ1v) is 6.22. The molecule has 0 aliphatic rings. The molecule has 0 bridgehead atoms. The maximum Gasteiger partial charge on any atom is 0.0501 e. The molecule has 0 spiro atoms. The first-order valence-electron chi connectivity index (χ1n) is 5.84. The van der Waals surface area contributed by atoms with E-state index in [1.807, 2.05) is 42.6 Å². The van der Waals surface area contributed by atoms with Crippen LogP contribution in [0.4, 0.5) is 0 Å². The molecule has 0 atom stereocenters. The standard InChI is InChI=1S/C15H13ClN2/c16-12-6-4-11(5-7-12)14-10-18-8-2-1-3-15(18)13(14)9-17/h1-8,10H,9,17H2. The van der Waals surface area contributed by atoms with E-state index in [0.29, 0.717) is 6.54 Å². The Hall–Kier alpha value is -1.77. The first-order chi connectivity index (χ1) is 8.79. The van der Waals surface area contributed by atoms with Gasteiger partial charge in [-0.2, -0.15) is 0 Å². The van der Waals surface area contributed by atoms with Crippen molar-refractivity contribution in [1.82, 2.24) is 4.40 Å². The molecule has 3 heteroatoms. The molecule has 0 aliphatic carbocycles. The van der Waals surface area contributed by atoms with Crippen molar-refractivity contribution in [3.63, 3.8) is 0 Å². The number of nitrogens with two attached hydrogens (primary N) is 1. The molecule has 2 heterocycles. The van der Waals surface area contributed by atoms with Crippen LogP contribution in [0.15, 0.2) is 54.9 Å². The van der Waals surface area contributed by atoms with Crippen LogP contribution < -0.4 is 5.73 Å². The Morgan fingerprint density at radius 2 is 1.83 bits per heavy atom. The number of nitrogens with zero attached hydrogens (tertiary/aromatic N) is 1. The fourth-order valence-corrected chi connectivity index (χ4v) is 2.40. The van der Waals surface area contributed by atoms with Crippen LogP contribution >= 0.6 is 11.6 Å². The lowest BCUT2D eigenvalue weighted by molar-refractivity contribution is 1.08. The summed E-state index contributed by atoms with van der Waals surface area (Å²) < 4.78 is 2.10. The molecule has 0 saturated carbocycles. The van der Waals surface area contributed by atoms with E-state index in [9.17, 15) is 0 Å². The number of halogens is 1. The molecular formula is C15H13ClN2. The zero-order valence-corrected chi connectivity index (χ0v) is 10.6. The molecule has 18 heavy (non-hydrogen) atoms. The number of aromatic nitrogens is 1. The molecule has 1 aromatic carbocycles. The highest BCUT2D eigenvalue weighted by Gasteiger charge is 2.10. The maximum absolute atomic E-state index is 5.92. The molecule has 2 aromatic heterocycles. The minimum Gasteiger partial charge on any atom is -0.326 e. The summed E-state index contributed by atoms with van der Waals surface area (Å²) in [6.45, 7) is 0.526. The fraction of sp³-hybridized carbons (Fsp3) is 0.0667. The second-order valence-electron chi connectivity index (χ2n) is 4.23. The lowest BCUT2D eigenvalue weighted by atomic mass is 10.0. The number of hydrogen-bond donors (Lipinski definition) is 1. The van der Waals surface area contributed by atoms with Crippen LogP contribution in [0.2, 0.25) is 5.02 Å². The Morgan fingerprint density at radius 3 is 2.56 bits per heavy atom. The van der Waals surface area contributed by atoms with Gasteiger partial charge < -0.3 is 10.1 Å². The molecule has 0 fully saturated rings. The zero-order valence-electron chi connectivity index (χ0n) is 9.81. The maximum atomic E-state index is 5.92. The summed E-state index contributed by atoms with van der Waals surface area (Å²) in [5.41, 5.74) is 10.5. The Balaban J connectivity index is 2.25. The summed E-state index contributed by atoms with van der Waals surface area (Å²) in [5.74, 6) is 0. The molecule has 3 rings (SSSR count). The third-order valence-corrected chi connectivity index (χ3v) is 3.40. The van der Waals surface area contributed by atoms with Gasteiger partial charge in [-0.05, 0) is 35.4 Å². The van der Waals surface area contributed by atoms with Gasteiger partial charge >= 0.3 is 0 Å². The largest absolute Gasteiger partial charge is 0.326 e. The minimum atomic E-state index is 0.526. The van der Waals surface area contributed by atoms with Crippen LogP contribution in [0.1, 0.15) is 5.56 Å². The van der Waals surface area contributed by atoms with Gasteiger partial charge in [0.1, 0.15) is 0 Å². The Bertz CT molecular complexity index is 683. The van der Waals surface area contributed by atoms with E-state index < -0.39 is 0 Å². The number of rotatable bonds is 2. The van der Waals surface area contributed by atoms with Gasteiger partial charge in [-0.25, -0.2) is 0 Å². The average Bonchev–Trinajstić information content (AvgIpc) is 2.78. The lowest BCUT2D eigenvalue weighted by Crippen LogP contribution is -1.97. The Morgan fingerprint density at radius 1 is 1.06 bits per heavy atom. The van der Waals surface area contributed by atoms with Gasteiger partial charge in [0.15, 0.2) is 0 Å². The predicted molar refractivity (Wildman–Crippen MR) is 75.7 cm³/mol. The normalized spacial score (nSPS) is 11.0. The van der Waals surface area contributed by atoms with Gasteiger partial charge in [-0.3, -0.25) is 0 Å². The molecule has 0 saturated heterocycles. The summed E-state index contributed by atoms with van der Waals surface area (Å²) in [5, 5.41) is 0.747. The Kier molecular flexibility index (Phi) is 2.82. The Labute approximate surface area is 111 Å². The minimum absolute atomic E-state index is 0.526. The van der Waals surface area contributed by atoms with Crippen molar-refractivity contribution in [2.45, 2.75) is 6.54 Å². The summed E-state index contributed by atoms with van der Waals surface area (Å²) in [6, 6.07) is 14.0. The molecule has 0 radical (unpaired) electrons.